The fraction of sp³-hybridized carbons (Fsp3) is 0.571. The van der Waals surface area contributed by atoms with Crippen molar-refractivity contribution in [3.63, 3.8) is 0 Å². The highest BCUT2D eigenvalue weighted by atomic mass is 16.3. The monoisotopic (exact) mass is 280 g/mol. The predicted octanol–water partition coefficient (Wildman–Crippen LogP) is 0.629. The van der Waals surface area contributed by atoms with Gasteiger partial charge in [0.05, 0.1) is 19.4 Å². The Hall–Kier alpha value is -1.82. The first-order valence-electron chi connectivity index (χ1n) is 6.74. The van der Waals surface area contributed by atoms with Crippen LogP contribution in [0.5, 0.6) is 0 Å². The van der Waals surface area contributed by atoms with Crippen LogP contribution in [-0.2, 0) is 4.79 Å². The summed E-state index contributed by atoms with van der Waals surface area (Å²) in [7, 11) is 0. The summed E-state index contributed by atoms with van der Waals surface area (Å²) in [5.74, 6) is -0.0269. The van der Waals surface area contributed by atoms with Gasteiger partial charge >= 0.3 is 0 Å². The molecule has 110 valence electrons. The second-order valence-corrected chi connectivity index (χ2v) is 5.49. The van der Waals surface area contributed by atoms with Crippen LogP contribution in [0.2, 0.25) is 0 Å². The number of nitrogens with zero attached hydrogens (tertiary/aromatic N) is 1. The number of amides is 2. The molecule has 1 aromatic heterocycles. The van der Waals surface area contributed by atoms with Gasteiger partial charge in [0.2, 0.25) is 5.91 Å². The lowest BCUT2D eigenvalue weighted by Gasteiger charge is -2.49. The third-order valence-electron chi connectivity index (χ3n) is 3.73. The third-order valence-corrected chi connectivity index (χ3v) is 3.73. The number of hydrogen-bond donors (Lipinski definition) is 2. The Bertz CT molecular complexity index is 475. The zero-order valence-corrected chi connectivity index (χ0v) is 11.8. The smallest absolute Gasteiger partial charge is 0.286 e. The van der Waals surface area contributed by atoms with Gasteiger partial charge in [0, 0.05) is 13.0 Å². The van der Waals surface area contributed by atoms with Gasteiger partial charge in [0.1, 0.15) is 5.60 Å². The van der Waals surface area contributed by atoms with Crippen molar-refractivity contribution < 1.29 is 19.1 Å². The first-order valence-corrected chi connectivity index (χ1v) is 6.74. The van der Waals surface area contributed by atoms with E-state index in [1.807, 2.05) is 13.8 Å². The van der Waals surface area contributed by atoms with Crippen LogP contribution in [0.15, 0.2) is 22.8 Å². The summed E-state index contributed by atoms with van der Waals surface area (Å²) in [6, 6.07) is 3.20. The number of carbonyl (C=O) groups excluding carboxylic acids is 2. The lowest BCUT2D eigenvalue weighted by Crippen LogP contribution is -2.66. The summed E-state index contributed by atoms with van der Waals surface area (Å²) < 4.78 is 4.95. The summed E-state index contributed by atoms with van der Waals surface area (Å²) >= 11 is 0. The fourth-order valence-corrected chi connectivity index (χ4v) is 2.09. The molecule has 0 bridgehead atoms. The lowest BCUT2D eigenvalue weighted by molar-refractivity contribution is -0.163. The number of likely N-dealkylation sites (tertiary alicyclic amines) is 1. The molecule has 6 heteroatoms. The van der Waals surface area contributed by atoms with Crippen molar-refractivity contribution in [1.82, 2.24) is 10.2 Å². The minimum atomic E-state index is -0.757. The molecule has 1 aliphatic heterocycles. The molecule has 0 atom stereocenters. The van der Waals surface area contributed by atoms with E-state index in [0.717, 1.165) is 0 Å². The summed E-state index contributed by atoms with van der Waals surface area (Å²) in [6.07, 6.45) is 1.65. The third kappa shape index (κ3) is 3.01. The van der Waals surface area contributed by atoms with Crippen molar-refractivity contribution in [2.75, 3.05) is 19.6 Å². The van der Waals surface area contributed by atoms with Gasteiger partial charge in [0.15, 0.2) is 5.76 Å². The van der Waals surface area contributed by atoms with E-state index in [1.165, 1.54) is 6.26 Å². The predicted molar refractivity (Wildman–Crippen MR) is 72.0 cm³/mol. The molecule has 1 fully saturated rings. The zero-order chi connectivity index (χ0) is 14.8. The van der Waals surface area contributed by atoms with Crippen LogP contribution < -0.4 is 5.32 Å². The maximum absolute atomic E-state index is 11.8. The Morgan fingerprint density at radius 2 is 2.20 bits per heavy atom. The van der Waals surface area contributed by atoms with E-state index in [-0.39, 0.29) is 36.5 Å². The number of nitrogens with one attached hydrogen (secondary N) is 1. The average Bonchev–Trinajstić information content (AvgIpc) is 2.88. The molecule has 0 radical (unpaired) electrons. The summed E-state index contributed by atoms with van der Waals surface area (Å²) in [5, 5.41) is 12.7. The van der Waals surface area contributed by atoms with Crippen molar-refractivity contribution in [2.45, 2.75) is 25.9 Å². The van der Waals surface area contributed by atoms with Crippen LogP contribution in [0.25, 0.3) is 0 Å². The fourth-order valence-electron chi connectivity index (χ4n) is 2.09. The largest absolute Gasteiger partial charge is 0.459 e. The van der Waals surface area contributed by atoms with Crippen LogP contribution >= 0.6 is 0 Å². The van der Waals surface area contributed by atoms with Gasteiger partial charge in [0.25, 0.3) is 5.91 Å². The first kappa shape index (κ1) is 14.6. The zero-order valence-electron chi connectivity index (χ0n) is 11.8. The molecule has 2 N–H and O–H groups in total. The van der Waals surface area contributed by atoms with Crippen LogP contribution in [0, 0.1) is 5.92 Å². The SMILES string of the molecule is CC(C)C1(O)CN(C(=O)CCNC(=O)c2ccco2)C1. The minimum absolute atomic E-state index is 0.0601. The molecule has 0 unspecified atom stereocenters. The highest BCUT2D eigenvalue weighted by Crippen LogP contribution is 2.28. The van der Waals surface area contributed by atoms with E-state index >= 15 is 0 Å². The second-order valence-electron chi connectivity index (χ2n) is 5.49. The summed E-state index contributed by atoms with van der Waals surface area (Å²) in [5.41, 5.74) is -0.757. The van der Waals surface area contributed by atoms with E-state index in [1.54, 1.807) is 17.0 Å². The van der Waals surface area contributed by atoms with Crippen LogP contribution in [0.4, 0.5) is 0 Å². The molecule has 0 aromatic carbocycles. The molecule has 1 aliphatic rings. The summed E-state index contributed by atoms with van der Waals surface area (Å²) in [4.78, 5) is 25.0. The van der Waals surface area contributed by atoms with Gasteiger partial charge in [-0.3, -0.25) is 9.59 Å². The highest BCUT2D eigenvalue weighted by Gasteiger charge is 2.45. The number of β-amino-alcohol motifs (C(OH)–C–C–N with tert-alkyl or cyclic N) is 1. The second kappa shape index (κ2) is 5.66. The Balaban J connectivity index is 1.68. The Kier molecular flexibility index (Phi) is 4.13. The van der Waals surface area contributed by atoms with Crippen LogP contribution in [0.3, 0.4) is 0 Å². The molecule has 1 aromatic rings. The quantitative estimate of drug-likeness (QED) is 0.828. The molecule has 20 heavy (non-hydrogen) atoms. The van der Waals surface area contributed by atoms with Crippen molar-refractivity contribution in [3.05, 3.63) is 24.2 Å². The van der Waals surface area contributed by atoms with Gasteiger partial charge in [-0.15, -0.1) is 0 Å². The molecule has 2 heterocycles. The van der Waals surface area contributed by atoms with Gasteiger partial charge < -0.3 is 19.7 Å². The van der Waals surface area contributed by atoms with Crippen molar-refractivity contribution in [1.29, 1.82) is 0 Å². The number of aliphatic hydroxyl groups is 1. The standard InChI is InChI=1S/C14H20N2O4/c1-10(2)14(19)8-16(9-14)12(17)5-6-15-13(18)11-4-3-7-20-11/h3-4,7,10,19H,5-6,8-9H2,1-2H3,(H,15,18). The maximum Gasteiger partial charge on any atom is 0.286 e. The molecule has 2 amide bonds. The number of hydrogen-bond acceptors (Lipinski definition) is 4. The first-order chi connectivity index (χ1) is 9.42. The van der Waals surface area contributed by atoms with Crippen molar-refractivity contribution in [2.24, 2.45) is 5.92 Å². The summed E-state index contributed by atoms with van der Waals surface area (Å²) in [6.45, 7) is 4.87. The molecule has 0 saturated carbocycles. The van der Waals surface area contributed by atoms with E-state index in [4.69, 9.17) is 4.42 Å². The van der Waals surface area contributed by atoms with Crippen LogP contribution in [-0.4, -0.2) is 47.1 Å². The van der Waals surface area contributed by atoms with E-state index in [9.17, 15) is 14.7 Å². The van der Waals surface area contributed by atoms with Gasteiger partial charge in [-0.1, -0.05) is 13.8 Å². The van der Waals surface area contributed by atoms with E-state index < -0.39 is 5.60 Å². The molecule has 1 saturated heterocycles. The Labute approximate surface area is 117 Å². The Morgan fingerprint density at radius 3 is 2.75 bits per heavy atom. The molecule has 2 rings (SSSR count). The van der Waals surface area contributed by atoms with E-state index in [2.05, 4.69) is 5.32 Å². The normalized spacial score (nSPS) is 16.9. The van der Waals surface area contributed by atoms with Gasteiger partial charge in [-0.25, -0.2) is 0 Å². The highest BCUT2D eigenvalue weighted by molar-refractivity contribution is 5.91. The number of furan rings is 1. The maximum atomic E-state index is 11.8. The lowest BCUT2D eigenvalue weighted by atomic mass is 9.83. The van der Waals surface area contributed by atoms with E-state index in [0.29, 0.717) is 13.1 Å². The average molecular weight is 280 g/mol. The molecular weight excluding hydrogens is 260 g/mol. The number of rotatable bonds is 5. The molecule has 6 nitrogen and oxygen atoms in total. The molecule has 0 aliphatic carbocycles. The number of carbonyl (C=O) groups is 2. The van der Waals surface area contributed by atoms with Gasteiger partial charge in [-0.05, 0) is 18.1 Å². The van der Waals surface area contributed by atoms with Crippen molar-refractivity contribution in [3.8, 4) is 0 Å². The molecular formula is C14H20N2O4. The van der Waals surface area contributed by atoms with Crippen LogP contribution in [0.1, 0.15) is 30.8 Å². The van der Waals surface area contributed by atoms with Crippen molar-refractivity contribution >= 4 is 11.8 Å². The minimum Gasteiger partial charge on any atom is -0.459 e. The Morgan fingerprint density at radius 1 is 1.50 bits per heavy atom. The molecule has 0 spiro atoms. The topological polar surface area (TPSA) is 82.8 Å². The van der Waals surface area contributed by atoms with Gasteiger partial charge in [-0.2, -0.15) is 0 Å².